The lowest BCUT2D eigenvalue weighted by Gasteiger charge is -2.03. The fraction of sp³-hybridized carbons (Fsp3) is 0.188. The highest BCUT2D eigenvalue weighted by atomic mass is 32.1. The first-order chi connectivity index (χ1) is 10.6. The molecule has 0 atom stereocenters. The number of hydrogen-bond acceptors (Lipinski definition) is 5. The van der Waals surface area contributed by atoms with Crippen molar-refractivity contribution in [3.8, 4) is 11.5 Å². The van der Waals surface area contributed by atoms with E-state index >= 15 is 0 Å². The quantitative estimate of drug-likeness (QED) is 0.802. The average molecular weight is 313 g/mol. The highest BCUT2D eigenvalue weighted by Gasteiger charge is 2.10. The molecule has 1 amide bonds. The summed E-state index contributed by atoms with van der Waals surface area (Å²) in [6.07, 6.45) is 1.57. The van der Waals surface area contributed by atoms with Gasteiger partial charge in [-0.2, -0.15) is 0 Å². The van der Waals surface area contributed by atoms with Gasteiger partial charge in [-0.3, -0.25) is 9.78 Å². The Bertz CT molecular complexity index is 790. The van der Waals surface area contributed by atoms with Crippen molar-refractivity contribution < 1.29 is 9.21 Å². The number of pyridine rings is 1. The van der Waals surface area contributed by atoms with Crippen molar-refractivity contribution in [1.29, 1.82) is 0 Å². The number of carbonyl (C=O) groups excluding carboxylic acids is 1. The number of nitrogens with zero attached hydrogens (tertiary/aromatic N) is 2. The van der Waals surface area contributed by atoms with Crippen LogP contribution in [-0.4, -0.2) is 15.9 Å². The van der Waals surface area contributed by atoms with Crippen LogP contribution in [0.25, 0.3) is 11.5 Å². The van der Waals surface area contributed by atoms with Gasteiger partial charge in [-0.1, -0.05) is 0 Å². The summed E-state index contributed by atoms with van der Waals surface area (Å²) in [4.78, 5) is 20.5. The molecule has 1 N–H and O–H groups in total. The van der Waals surface area contributed by atoms with Gasteiger partial charge in [0.15, 0.2) is 5.76 Å². The number of aromatic nitrogens is 2. The minimum absolute atomic E-state index is 0.171. The second-order valence-corrected chi connectivity index (χ2v) is 5.95. The number of thiazole rings is 1. The molecule has 0 spiro atoms. The molecule has 0 radical (unpaired) electrons. The van der Waals surface area contributed by atoms with Crippen LogP contribution in [0.4, 0.5) is 0 Å². The Morgan fingerprint density at radius 1 is 1.27 bits per heavy atom. The van der Waals surface area contributed by atoms with Gasteiger partial charge in [-0.05, 0) is 38.1 Å². The maximum atomic E-state index is 12.0. The number of hydrogen-bond donors (Lipinski definition) is 1. The molecule has 0 aromatic carbocycles. The zero-order chi connectivity index (χ0) is 15.5. The number of carbonyl (C=O) groups is 1. The van der Waals surface area contributed by atoms with Crippen LogP contribution in [0.15, 0.2) is 40.3 Å². The molecule has 0 saturated heterocycles. The van der Waals surface area contributed by atoms with Crippen molar-refractivity contribution in [1.82, 2.24) is 15.3 Å². The lowest BCUT2D eigenvalue weighted by molar-refractivity contribution is 0.0947. The SMILES string of the molecule is Cc1ccc(C(=O)NCc2ccc(-c3csc(C)n3)o2)cn1. The lowest BCUT2D eigenvalue weighted by atomic mass is 10.2. The number of rotatable bonds is 4. The molecule has 0 aliphatic rings. The minimum Gasteiger partial charge on any atom is -0.458 e. The van der Waals surface area contributed by atoms with E-state index in [0.717, 1.165) is 16.4 Å². The Labute approximate surface area is 132 Å². The molecule has 0 saturated carbocycles. The molecule has 3 rings (SSSR count). The summed E-state index contributed by atoms with van der Waals surface area (Å²) >= 11 is 1.58. The van der Waals surface area contributed by atoms with Crippen molar-refractivity contribution in [3.63, 3.8) is 0 Å². The molecule has 0 bridgehead atoms. The summed E-state index contributed by atoms with van der Waals surface area (Å²) in [5.41, 5.74) is 2.24. The van der Waals surface area contributed by atoms with Gasteiger partial charge < -0.3 is 9.73 Å². The lowest BCUT2D eigenvalue weighted by Crippen LogP contribution is -2.22. The van der Waals surface area contributed by atoms with Crippen LogP contribution in [0.2, 0.25) is 0 Å². The Balaban J connectivity index is 1.63. The second kappa shape index (κ2) is 6.11. The van der Waals surface area contributed by atoms with E-state index in [2.05, 4.69) is 15.3 Å². The van der Waals surface area contributed by atoms with E-state index in [-0.39, 0.29) is 5.91 Å². The molecule has 3 aromatic heterocycles. The van der Waals surface area contributed by atoms with Crippen LogP contribution >= 0.6 is 11.3 Å². The molecule has 0 aliphatic carbocycles. The van der Waals surface area contributed by atoms with Crippen LogP contribution < -0.4 is 5.32 Å². The summed E-state index contributed by atoms with van der Waals surface area (Å²) in [6, 6.07) is 7.27. The summed E-state index contributed by atoms with van der Waals surface area (Å²) in [7, 11) is 0. The molecular formula is C16H15N3O2S. The normalized spacial score (nSPS) is 10.6. The Hall–Kier alpha value is -2.47. The van der Waals surface area contributed by atoms with Gasteiger partial charge in [0.25, 0.3) is 5.91 Å². The maximum Gasteiger partial charge on any atom is 0.253 e. The van der Waals surface area contributed by atoms with Gasteiger partial charge in [0, 0.05) is 17.3 Å². The zero-order valence-corrected chi connectivity index (χ0v) is 13.1. The monoisotopic (exact) mass is 313 g/mol. The predicted octanol–water partition coefficient (Wildman–Crippen LogP) is 3.34. The second-order valence-electron chi connectivity index (χ2n) is 4.89. The molecule has 6 heteroatoms. The van der Waals surface area contributed by atoms with Gasteiger partial charge in [-0.15, -0.1) is 11.3 Å². The van der Waals surface area contributed by atoms with Gasteiger partial charge >= 0.3 is 0 Å². The number of aryl methyl sites for hydroxylation is 2. The third-order valence-corrected chi connectivity index (χ3v) is 3.90. The zero-order valence-electron chi connectivity index (χ0n) is 12.3. The maximum absolute atomic E-state index is 12.0. The Morgan fingerprint density at radius 3 is 2.82 bits per heavy atom. The van der Waals surface area contributed by atoms with E-state index in [9.17, 15) is 4.79 Å². The van der Waals surface area contributed by atoms with E-state index in [1.165, 1.54) is 0 Å². The molecule has 3 aromatic rings. The highest BCUT2D eigenvalue weighted by molar-refractivity contribution is 7.09. The number of amides is 1. The van der Waals surface area contributed by atoms with Crippen LogP contribution in [0, 0.1) is 13.8 Å². The fourth-order valence-corrected chi connectivity index (χ4v) is 2.56. The summed E-state index contributed by atoms with van der Waals surface area (Å²) in [5.74, 6) is 1.23. The standard InChI is InChI=1S/C16H15N3O2S/c1-10-3-4-12(7-17-10)16(20)18-8-13-5-6-15(21-13)14-9-22-11(2)19-14/h3-7,9H,8H2,1-2H3,(H,18,20). The van der Waals surface area contributed by atoms with Crippen LogP contribution in [0.1, 0.15) is 26.8 Å². The van der Waals surface area contributed by atoms with E-state index in [0.29, 0.717) is 23.6 Å². The highest BCUT2D eigenvalue weighted by Crippen LogP contribution is 2.23. The smallest absolute Gasteiger partial charge is 0.253 e. The number of nitrogens with one attached hydrogen (secondary N) is 1. The molecule has 0 aliphatic heterocycles. The third kappa shape index (κ3) is 3.23. The molecular weight excluding hydrogens is 298 g/mol. The van der Waals surface area contributed by atoms with Crippen molar-refractivity contribution in [2.24, 2.45) is 0 Å². The predicted molar refractivity (Wildman–Crippen MR) is 84.7 cm³/mol. The molecule has 0 fully saturated rings. The van der Waals surface area contributed by atoms with Crippen molar-refractivity contribution in [2.45, 2.75) is 20.4 Å². The van der Waals surface area contributed by atoms with Crippen LogP contribution in [0.3, 0.4) is 0 Å². The fourth-order valence-electron chi connectivity index (χ4n) is 1.96. The first-order valence-corrected chi connectivity index (χ1v) is 7.72. The van der Waals surface area contributed by atoms with Gasteiger partial charge in [0.05, 0.1) is 17.1 Å². The Kier molecular flexibility index (Phi) is 4.02. The van der Waals surface area contributed by atoms with Crippen molar-refractivity contribution in [3.05, 3.63) is 57.9 Å². The van der Waals surface area contributed by atoms with E-state index in [1.807, 2.05) is 37.4 Å². The molecule has 3 heterocycles. The molecule has 112 valence electrons. The first kappa shape index (κ1) is 14.5. The van der Waals surface area contributed by atoms with E-state index in [1.54, 1.807) is 23.6 Å². The van der Waals surface area contributed by atoms with Crippen LogP contribution in [0.5, 0.6) is 0 Å². The summed E-state index contributed by atoms with van der Waals surface area (Å²) in [6.45, 7) is 4.16. The molecule has 22 heavy (non-hydrogen) atoms. The number of furan rings is 1. The molecule has 5 nitrogen and oxygen atoms in total. The molecule has 0 unspecified atom stereocenters. The van der Waals surface area contributed by atoms with Gasteiger partial charge in [0.1, 0.15) is 11.5 Å². The summed E-state index contributed by atoms with van der Waals surface area (Å²) in [5, 5.41) is 5.76. The van der Waals surface area contributed by atoms with Crippen molar-refractivity contribution in [2.75, 3.05) is 0 Å². The topological polar surface area (TPSA) is 68.0 Å². The van der Waals surface area contributed by atoms with Gasteiger partial charge in [-0.25, -0.2) is 4.98 Å². The Morgan fingerprint density at radius 2 is 2.14 bits per heavy atom. The van der Waals surface area contributed by atoms with Gasteiger partial charge in [0.2, 0.25) is 0 Å². The van der Waals surface area contributed by atoms with E-state index in [4.69, 9.17) is 4.42 Å². The average Bonchev–Trinajstić information content (AvgIpc) is 3.14. The third-order valence-electron chi connectivity index (χ3n) is 3.13. The van der Waals surface area contributed by atoms with Crippen molar-refractivity contribution >= 4 is 17.2 Å². The van der Waals surface area contributed by atoms with E-state index < -0.39 is 0 Å². The first-order valence-electron chi connectivity index (χ1n) is 6.84. The summed E-state index contributed by atoms with van der Waals surface area (Å²) < 4.78 is 5.70. The van der Waals surface area contributed by atoms with Crippen LogP contribution in [-0.2, 0) is 6.54 Å². The largest absolute Gasteiger partial charge is 0.458 e. The minimum atomic E-state index is -0.171.